The third-order valence-electron chi connectivity index (χ3n) is 2.03. The van der Waals surface area contributed by atoms with E-state index >= 15 is 0 Å². The molecule has 0 aromatic heterocycles. The molecule has 0 heterocycles. The van der Waals surface area contributed by atoms with E-state index in [2.05, 4.69) is 10.2 Å². The Balaban J connectivity index is 3.19. The average Bonchev–Trinajstić information content (AvgIpc) is 2.25. The largest absolute Gasteiger partial charge is 0.492 e. The molecule has 1 aromatic carbocycles. The van der Waals surface area contributed by atoms with Gasteiger partial charge < -0.3 is 16.2 Å². The van der Waals surface area contributed by atoms with Crippen LogP contribution in [0, 0.1) is 12.7 Å². The van der Waals surface area contributed by atoms with Crippen LogP contribution in [0.2, 0.25) is 5.02 Å². The summed E-state index contributed by atoms with van der Waals surface area (Å²) >= 11 is 5.93. The molecule has 7 heteroatoms. The summed E-state index contributed by atoms with van der Waals surface area (Å²) in [4.78, 5) is 0. The molecule has 0 amide bonds. The monoisotopic (exact) mass is 258 g/mol. The van der Waals surface area contributed by atoms with E-state index in [4.69, 9.17) is 27.8 Å². The number of hydrogen-bond donors (Lipinski definition) is 2. The third-order valence-corrected chi connectivity index (χ3v) is 2.49. The Hall–Kier alpha value is -1.82. The molecule has 1 aromatic rings. The first kappa shape index (κ1) is 13.2. The number of nitrogens with two attached hydrogens (primary N) is 2. The molecule has 0 saturated heterocycles. The lowest BCUT2D eigenvalue weighted by Crippen LogP contribution is -2.21. The maximum absolute atomic E-state index is 13.5. The fraction of sp³-hybridized carbons (Fsp3) is 0.200. The highest BCUT2D eigenvalue weighted by Crippen LogP contribution is 2.32. The second kappa shape index (κ2) is 5.49. The molecule has 0 spiro atoms. The zero-order valence-corrected chi connectivity index (χ0v) is 10.1. The number of hydrogen-bond acceptors (Lipinski definition) is 3. The van der Waals surface area contributed by atoms with Crippen LogP contribution in [-0.2, 0) is 0 Å². The molecule has 0 aliphatic carbocycles. The van der Waals surface area contributed by atoms with Gasteiger partial charge >= 0.3 is 0 Å². The van der Waals surface area contributed by atoms with Crippen LogP contribution in [0.5, 0.6) is 5.75 Å². The van der Waals surface area contributed by atoms with Gasteiger partial charge in [-0.2, -0.15) is 5.10 Å². The maximum atomic E-state index is 13.5. The number of halogens is 2. The molecule has 0 atom stereocenters. The molecular formula is C10H12ClFN4O. The van der Waals surface area contributed by atoms with Gasteiger partial charge in [0.1, 0.15) is 0 Å². The van der Waals surface area contributed by atoms with Crippen LogP contribution in [0.25, 0.3) is 0 Å². The summed E-state index contributed by atoms with van der Waals surface area (Å²) in [6, 6.07) is 1.24. The summed E-state index contributed by atoms with van der Waals surface area (Å²) in [5.41, 5.74) is 11.3. The van der Waals surface area contributed by atoms with Crippen molar-refractivity contribution in [3.8, 4) is 5.75 Å². The van der Waals surface area contributed by atoms with Crippen molar-refractivity contribution < 1.29 is 9.13 Å². The van der Waals surface area contributed by atoms with E-state index in [0.29, 0.717) is 11.1 Å². The highest BCUT2D eigenvalue weighted by atomic mass is 35.5. The highest BCUT2D eigenvalue weighted by molar-refractivity contribution is 6.33. The molecular weight excluding hydrogens is 247 g/mol. The zero-order valence-electron chi connectivity index (χ0n) is 9.37. The van der Waals surface area contributed by atoms with E-state index in [1.807, 2.05) is 0 Å². The first-order valence-corrected chi connectivity index (χ1v) is 4.99. The van der Waals surface area contributed by atoms with Gasteiger partial charge in [0.2, 0.25) is 5.96 Å². The van der Waals surface area contributed by atoms with Gasteiger partial charge in [-0.1, -0.05) is 11.6 Å². The minimum Gasteiger partial charge on any atom is -0.492 e. The predicted molar refractivity (Wildman–Crippen MR) is 66.1 cm³/mol. The molecule has 92 valence electrons. The van der Waals surface area contributed by atoms with Gasteiger partial charge in [0, 0.05) is 5.56 Å². The van der Waals surface area contributed by atoms with Crippen molar-refractivity contribution in [1.29, 1.82) is 0 Å². The quantitative estimate of drug-likeness (QED) is 0.488. The Kier molecular flexibility index (Phi) is 4.28. The predicted octanol–water partition coefficient (Wildman–Crippen LogP) is 1.40. The third kappa shape index (κ3) is 3.07. The summed E-state index contributed by atoms with van der Waals surface area (Å²) < 4.78 is 18.4. The lowest BCUT2D eigenvalue weighted by Gasteiger charge is -2.09. The summed E-state index contributed by atoms with van der Waals surface area (Å²) in [5.74, 6) is -0.753. The second-order valence-electron chi connectivity index (χ2n) is 3.19. The lowest BCUT2D eigenvalue weighted by molar-refractivity contribution is 0.386. The Morgan fingerprint density at radius 3 is 2.71 bits per heavy atom. The van der Waals surface area contributed by atoms with E-state index in [-0.39, 0.29) is 16.7 Å². The topological polar surface area (TPSA) is 86.0 Å². The molecule has 0 aliphatic heterocycles. The van der Waals surface area contributed by atoms with Gasteiger partial charge in [-0.25, -0.2) is 4.39 Å². The van der Waals surface area contributed by atoms with Crippen molar-refractivity contribution in [2.75, 3.05) is 7.11 Å². The summed E-state index contributed by atoms with van der Waals surface area (Å²) in [5, 5.41) is 7.19. The van der Waals surface area contributed by atoms with Gasteiger partial charge in [0.25, 0.3) is 0 Å². The van der Waals surface area contributed by atoms with Crippen LogP contribution in [0.1, 0.15) is 11.1 Å². The van der Waals surface area contributed by atoms with Crippen LogP contribution in [-0.4, -0.2) is 19.3 Å². The molecule has 0 saturated carbocycles. The summed E-state index contributed by atoms with van der Waals surface area (Å²) in [7, 11) is 1.34. The summed E-state index contributed by atoms with van der Waals surface area (Å²) in [6.45, 7) is 1.71. The van der Waals surface area contributed by atoms with Crippen LogP contribution < -0.4 is 16.2 Å². The molecule has 0 aliphatic rings. The smallest absolute Gasteiger partial charge is 0.211 e. The average molecular weight is 259 g/mol. The molecule has 1 rings (SSSR count). The molecule has 0 unspecified atom stereocenters. The SMILES string of the molecule is COc1c(F)cc(C=NN=C(N)N)c(C)c1Cl. The normalized spacial score (nSPS) is 10.6. The van der Waals surface area contributed by atoms with Crippen molar-refractivity contribution in [3.63, 3.8) is 0 Å². The minimum atomic E-state index is -0.575. The Morgan fingerprint density at radius 2 is 2.18 bits per heavy atom. The van der Waals surface area contributed by atoms with Gasteiger partial charge in [-0.15, -0.1) is 5.10 Å². The van der Waals surface area contributed by atoms with E-state index in [1.54, 1.807) is 6.92 Å². The van der Waals surface area contributed by atoms with E-state index < -0.39 is 5.82 Å². The molecule has 4 N–H and O–H groups in total. The number of rotatable bonds is 3. The van der Waals surface area contributed by atoms with Crippen LogP contribution in [0.4, 0.5) is 4.39 Å². The Labute approximate surface area is 103 Å². The highest BCUT2D eigenvalue weighted by Gasteiger charge is 2.13. The number of ether oxygens (including phenoxy) is 1. The maximum Gasteiger partial charge on any atom is 0.211 e. The van der Waals surface area contributed by atoms with Crippen molar-refractivity contribution in [2.24, 2.45) is 21.7 Å². The van der Waals surface area contributed by atoms with Crippen LogP contribution >= 0.6 is 11.6 Å². The van der Waals surface area contributed by atoms with E-state index in [0.717, 1.165) is 0 Å². The van der Waals surface area contributed by atoms with Gasteiger partial charge in [-0.3, -0.25) is 0 Å². The Morgan fingerprint density at radius 1 is 1.53 bits per heavy atom. The fourth-order valence-electron chi connectivity index (χ4n) is 1.19. The standard InChI is InChI=1S/C10H12ClFN4O/c1-5-6(4-15-16-10(13)14)3-7(12)9(17-2)8(5)11/h3-4H,1-2H3,(H4,13,14,16). The van der Waals surface area contributed by atoms with Gasteiger partial charge in [0.05, 0.1) is 18.3 Å². The lowest BCUT2D eigenvalue weighted by atomic mass is 10.1. The van der Waals surface area contributed by atoms with Gasteiger partial charge in [0.15, 0.2) is 11.6 Å². The van der Waals surface area contributed by atoms with E-state index in [9.17, 15) is 4.39 Å². The van der Waals surface area contributed by atoms with Crippen molar-refractivity contribution in [2.45, 2.75) is 6.92 Å². The molecule has 17 heavy (non-hydrogen) atoms. The first-order valence-electron chi connectivity index (χ1n) is 4.62. The number of methoxy groups -OCH3 is 1. The van der Waals surface area contributed by atoms with Crippen molar-refractivity contribution in [1.82, 2.24) is 0 Å². The zero-order chi connectivity index (χ0) is 13.0. The second-order valence-corrected chi connectivity index (χ2v) is 3.57. The Bertz CT molecular complexity index is 484. The molecule has 5 nitrogen and oxygen atoms in total. The van der Waals surface area contributed by atoms with Crippen molar-refractivity contribution in [3.05, 3.63) is 28.0 Å². The minimum absolute atomic E-state index is 0.00292. The first-order chi connectivity index (χ1) is 7.97. The van der Waals surface area contributed by atoms with Gasteiger partial charge in [-0.05, 0) is 18.6 Å². The fourth-order valence-corrected chi connectivity index (χ4v) is 1.47. The van der Waals surface area contributed by atoms with Crippen LogP contribution in [0.3, 0.4) is 0 Å². The van der Waals surface area contributed by atoms with E-state index in [1.165, 1.54) is 19.4 Å². The summed E-state index contributed by atoms with van der Waals surface area (Å²) in [6.07, 6.45) is 1.31. The number of guanidine groups is 1. The van der Waals surface area contributed by atoms with Crippen molar-refractivity contribution >= 4 is 23.8 Å². The number of benzene rings is 1. The molecule has 0 fully saturated rings. The number of nitrogens with zero attached hydrogens (tertiary/aromatic N) is 2. The molecule has 0 bridgehead atoms. The molecule has 0 radical (unpaired) electrons. The van der Waals surface area contributed by atoms with Crippen LogP contribution in [0.15, 0.2) is 16.3 Å².